The van der Waals surface area contributed by atoms with Crippen LogP contribution in [0.3, 0.4) is 0 Å². The maximum absolute atomic E-state index is 5.53. The fraction of sp³-hybridized carbons (Fsp3) is 0.500. The van der Waals surface area contributed by atoms with Gasteiger partial charge in [-0.15, -0.1) is 0 Å². The van der Waals surface area contributed by atoms with Crippen LogP contribution in [0.15, 0.2) is 66.7 Å². The Balaban J connectivity index is 0.000000303. The zero-order chi connectivity index (χ0) is 28.6. The van der Waals surface area contributed by atoms with Crippen molar-refractivity contribution in [3.8, 4) is 0 Å². The zero-order valence-electron chi connectivity index (χ0n) is 26.2. The van der Waals surface area contributed by atoms with Gasteiger partial charge in [0.2, 0.25) is 0 Å². The number of nitrogen functional groups attached to an aromatic ring is 1. The van der Waals surface area contributed by atoms with Crippen molar-refractivity contribution in [3.05, 3.63) is 100 Å². The molecule has 1 nitrogen and oxygen atoms in total. The zero-order valence-corrected chi connectivity index (χ0v) is 26.2. The minimum atomic E-state index is 0.217. The van der Waals surface area contributed by atoms with Gasteiger partial charge in [0.15, 0.2) is 0 Å². The molecule has 0 spiro atoms. The highest BCUT2D eigenvalue weighted by Crippen LogP contribution is 2.36. The van der Waals surface area contributed by atoms with Gasteiger partial charge in [0.05, 0.1) is 0 Å². The average molecular weight is 502 g/mol. The second kappa shape index (κ2) is 13.8. The molecule has 0 aliphatic heterocycles. The molecule has 0 aliphatic carbocycles. The summed E-state index contributed by atoms with van der Waals surface area (Å²) in [6.45, 7) is 29.5. The van der Waals surface area contributed by atoms with Gasteiger partial charge in [-0.3, -0.25) is 0 Å². The summed E-state index contributed by atoms with van der Waals surface area (Å²) in [7, 11) is 0. The van der Waals surface area contributed by atoms with Gasteiger partial charge in [-0.05, 0) is 81.0 Å². The lowest BCUT2D eigenvalue weighted by Crippen LogP contribution is -2.20. The molecule has 0 radical (unpaired) electrons. The fourth-order valence-corrected chi connectivity index (χ4v) is 4.35. The van der Waals surface area contributed by atoms with E-state index in [4.69, 9.17) is 5.73 Å². The molecule has 204 valence electrons. The van der Waals surface area contributed by atoms with E-state index in [0.717, 1.165) is 5.69 Å². The summed E-state index contributed by atoms with van der Waals surface area (Å²) in [5.74, 6) is 1.85. The SMILES string of the molecule is CC(C)c1ccc(N)cc1.CC(C)c1ccccc1.Cc1c(C(C)(C)C)cc(C(C)C)cc1C(C)(C)C. The van der Waals surface area contributed by atoms with E-state index in [2.05, 4.69) is 139 Å². The van der Waals surface area contributed by atoms with Crippen LogP contribution in [0.5, 0.6) is 0 Å². The first-order valence-electron chi connectivity index (χ1n) is 14.0. The van der Waals surface area contributed by atoms with Crippen molar-refractivity contribution in [2.75, 3.05) is 5.73 Å². The van der Waals surface area contributed by atoms with Gasteiger partial charge >= 0.3 is 0 Å². The highest BCUT2D eigenvalue weighted by Gasteiger charge is 2.24. The Bertz CT molecular complexity index is 1020. The first kappa shape index (κ1) is 32.5. The molecule has 3 rings (SSSR count). The lowest BCUT2D eigenvalue weighted by molar-refractivity contribution is 0.558. The van der Waals surface area contributed by atoms with E-state index in [1.165, 1.54) is 33.4 Å². The highest BCUT2D eigenvalue weighted by atomic mass is 14.5. The second-order valence-corrected chi connectivity index (χ2v) is 13.3. The van der Waals surface area contributed by atoms with Gasteiger partial charge in [-0.25, -0.2) is 0 Å². The fourth-order valence-electron chi connectivity index (χ4n) is 4.35. The summed E-state index contributed by atoms with van der Waals surface area (Å²) in [6.07, 6.45) is 0. The molecular formula is C36H55N. The molecule has 0 saturated heterocycles. The Labute approximate surface area is 229 Å². The van der Waals surface area contributed by atoms with E-state index in [1.807, 2.05) is 18.2 Å². The summed E-state index contributed by atoms with van der Waals surface area (Å²) in [4.78, 5) is 0. The van der Waals surface area contributed by atoms with Crippen molar-refractivity contribution in [1.29, 1.82) is 0 Å². The number of benzene rings is 3. The number of hydrogen-bond donors (Lipinski definition) is 1. The smallest absolute Gasteiger partial charge is 0.0314 e. The van der Waals surface area contributed by atoms with E-state index in [0.29, 0.717) is 17.8 Å². The molecule has 0 saturated carbocycles. The normalized spacial score (nSPS) is 11.7. The van der Waals surface area contributed by atoms with E-state index in [1.54, 1.807) is 0 Å². The van der Waals surface area contributed by atoms with E-state index >= 15 is 0 Å². The Hall–Kier alpha value is -2.54. The van der Waals surface area contributed by atoms with Crippen molar-refractivity contribution in [2.45, 2.75) is 119 Å². The summed E-state index contributed by atoms with van der Waals surface area (Å²) < 4.78 is 0. The van der Waals surface area contributed by atoms with Crippen molar-refractivity contribution in [3.63, 3.8) is 0 Å². The third-order valence-corrected chi connectivity index (χ3v) is 6.78. The van der Waals surface area contributed by atoms with Crippen LogP contribution < -0.4 is 5.73 Å². The van der Waals surface area contributed by atoms with Crippen molar-refractivity contribution in [2.24, 2.45) is 0 Å². The molecule has 0 bridgehead atoms. The molecule has 1 heteroatoms. The van der Waals surface area contributed by atoms with Gasteiger partial charge in [0.25, 0.3) is 0 Å². The van der Waals surface area contributed by atoms with E-state index < -0.39 is 0 Å². The Morgan fingerprint density at radius 2 is 0.865 bits per heavy atom. The second-order valence-electron chi connectivity index (χ2n) is 13.3. The van der Waals surface area contributed by atoms with Crippen molar-refractivity contribution >= 4 is 5.69 Å². The van der Waals surface area contributed by atoms with Gasteiger partial charge in [0, 0.05) is 5.69 Å². The molecule has 0 unspecified atom stereocenters. The summed E-state index contributed by atoms with van der Waals surface area (Å²) >= 11 is 0. The molecule has 0 fully saturated rings. The first-order valence-corrected chi connectivity index (χ1v) is 14.0. The topological polar surface area (TPSA) is 26.0 Å². The number of anilines is 1. The molecule has 0 heterocycles. The predicted octanol–water partition coefficient (Wildman–Crippen LogP) is 10.9. The monoisotopic (exact) mass is 501 g/mol. The van der Waals surface area contributed by atoms with Gasteiger partial charge in [-0.1, -0.05) is 138 Å². The molecule has 3 aromatic rings. The lowest BCUT2D eigenvalue weighted by Gasteiger charge is -2.30. The highest BCUT2D eigenvalue weighted by molar-refractivity contribution is 5.45. The van der Waals surface area contributed by atoms with Crippen LogP contribution in [0.2, 0.25) is 0 Å². The number of hydrogen-bond acceptors (Lipinski definition) is 1. The van der Waals surface area contributed by atoms with Crippen molar-refractivity contribution < 1.29 is 0 Å². The Morgan fingerprint density at radius 1 is 0.514 bits per heavy atom. The minimum absolute atomic E-state index is 0.217. The molecule has 0 atom stereocenters. The van der Waals surface area contributed by atoms with Crippen LogP contribution >= 0.6 is 0 Å². The predicted molar refractivity (Wildman–Crippen MR) is 168 cm³/mol. The van der Waals surface area contributed by atoms with Gasteiger partial charge in [-0.2, -0.15) is 0 Å². The molecule has 2 N–H and O–H groups in total. The summed E-state index contributed by atoms with van der Waals surface area (Å²) in [5.41, 5.74) is 15.5. The van der Waals surface area contributed by atoms with Crippen LogP contribution in [-0.4, -0.2) is 0 Å². The van der Waals surface area contributed by atoms with Crippen LogP contribution in [0.25, 0.3) is 0 Å². The molecule has 0 aliphatic rings. The van der Waals surface area contributed by atoms with Gasteiger partial charge in [0.1, 0.15) is 0 Å². The maximum Gasteiger partial charge on any atom is 0.0314 e. The number of nitrogens with two attached hydrogens (primary N) is 1. The molecular weight excluding hydrogens is 446 g/mol. The standard InChI is InChI=1S/C18H30.C9H13N.C9H12/c1-12(2)14-10-15(17(4,5)6)13(3)16(11-14)18(7,8)9;1-7(2)8-3-5-9(10)6-4-8;1-8(2)9-6-4-3-5-7-9/h10-12H,1-9H3;3-7H,10H2,1-2H3;3-8H,1-2H3. The third kappa shape index (κ3) is 10.8. The van der Waals surface area contributed by atoms with Crippen LogP contribution in [-0.2, 0) is 10.8 Å². The quantitative estimate of drug-likeness (QED) is 0.355. The largest absolute Gasteiger partial charge is 0.399 e. The molecule has 0 amide bonds. The molecule has 3 aromatic carbocycles. The van der Waals surface area contributed by atoms with E-state index in [-0.39, 0.29) is 10.8 Å². The Morgan fingerprint density at radius 3 is 1.16 bits per heavy atom. The first-order chi connectivity index (χ1) is 16.9. The minimum Gasteiger partial charge on any atom is -0.399 e. The van der Waals surface area contributed by atoms with Crippen LogP contribution in [0.1, 0.15) is 134 Å². The third-order valence-electron chi connectivity index (χ3n) is 6.78. The number of rotatable bonds is 3. The lowest BCUT2D eigenvalue weighted by atomic mass is 9.75. The maximum atomic E-state index is 5.53. The van der Waals surface area contributed by atoms with Crippen LogP contribution in [0.4, 0.5) is 5.69 Å². The van der Waals surface area contributed by atoms with Gasteiger partial charge < -0.3 is 5.73 Å². The summed E-state index contributed by atoms with van der Waals surface area (Å²) in [6, 6.07) is 23.4. The summed E-state index contributed by atoms with van der Waals surface area (Å²) in [5, 5.41) is 0. The molecule has 37 heavy (non-hydrogen) atoms. The Kier molecular flexibility index (Phi) is 12.2. The average Bonchev–Trinajstić information content (AvgIpc) is 2.79. The van der Waals surface area contributed by atoms with Crippen LogP contribution in [0, 0.1) is 6.92 Å². The van der Waals surface area contributed by atoms with E-state index in [9.17, 15) is 0 Å². The molecule has 0 aromatic heterocycles. The van der Waals surface area contributed by atoms with Crippen molar-refractivity contribution in [1.82, 2.24) is 0 Å².